The molecule has 1 saturated heterocycles. The summed E-state index contributed by atoms with van der Waals surface area (Å²) in [6.45, 7) is 2.20. The Balaban J connectivity index is 1.41. The first kappa shape index (κ1) is 22.8. The maximum atomic E-state index is 13.2. The molecule has 33 heavy (non-hydrogen) atoms. The molecule has 2 aliphatic heterocycles. The van der Waals surface area contributed by atoms with Crippen LogP contribution in [0.15, 0.2) is 36.8 Å². The summed E-state index contributed by atoms with van der Waals surface area (Å²) < 4.78 is 7.63. The third-order valence-corrected chi connectivity index (χ3v) is 6.55. The highest BCUT2D eigenvalue weighted by molar-refractivity contribution is 5.97. The zero-order valence-corrected chi connectivity index (χ0v) is 19.0. The standard InChI is InChI=1S/C24H31N5O4/c1-28-16-19(27-17-28)22(31)29-13-9-24(10-14-29)8-4-5-15-33-20-7-3-2-6-18(20)21(30)25-11-12-26-23(24)32/h2-3,6-7,16-17H,4-5,8-15H2,1H3,(H,25,30)(H,26,32). The number of nitrogens with one attached hydrogen (secondary N) is 2. The molecule has 0 radical (unpaired) electrons. The smallest absolute Gasteiger partial charge is 0.274 e. The Morgan fingerprint density at radius 3 is 2.58 bits per heavy atom. The van der Waals surface area contributed by atoms with E-state index in [1.807, 2.05) is 13.1 Å². The van der Waals surface area contributed by atoms with E-state index < -0.39 is 5.41 Å². The number of likely N-dealkylation sites (tertiary alicyclic amines) is 1. The Labute approximate surface area is 193 Å². The van der Waals surface area contributed by atoms with Gasteiger partial charge in [0.15, 0.2) is 0 Å². The van der Waals surface area contributed by atoms with E-state index in [0.29, 0.717) is 62.6 Å². The zero-order chi connectivity index (χ0) is 23.3. The van der Waals surface area contributed by atoms with Crippen LogP contribution >= 0.6 is 0 Å². The van der Waals surface area contributed by atoms with E-state index in [1.165, 1.54) is 0 Å². The Kier molecular flexibility index (Phi) is 6.96. The number of hydrogen-bond acceptors (Lipinski definition) is 5. The van der Waals surface area contributed by atoms with E-state index >= 15 is 0 Å². The molecule has 0 saturated carbocycles. The normalized spacial score (nSPS) is 19.6. The maximum Gasteiger partial charge on any atom is 0.274 e. The Morgan fingerprint density at radius 1 is 1.06 bits per heavy atom. The molecule has 2 N–H and O–H groups in total. The number of nitrogens with zero attached hydrogens (tertiary/aromatic N) is 3. The second-order valence-electron chi connectivity index (χ2n) is 8.81. The molecule has 0 bridgehead atoms. The van der Waals surface area contributed by atoms with Gasteiger partial charge in [-0.3, -0.25) is 14.4 Å². The summed E-state index contributed by atoms with van der Waals surface area (Å²) in [4.78, 5) is 44.5. The van der Waals surface area contributed by atoms with Gasteiger partial charge in [-0.05, 0) is 44.2 Å². The monoisotopic (exact) mass is 453 g/mol. The van der Waals surface area contributed by atoms with Gasteiger partial charge < -0.3 is 24.8 Å². The van der Waals surface area contributed by atoms with Crippen molar-refractivity contribution in [3.05, 3.63) is 48.0 Å². The van der Waals surface area contributed by atoms with Crippen LogP contribution < -0.4 is 15.4 Å². The quantitative estimate of drug-likeness (QED) is 0.684. The van der Waals surface area contributed by atoms with E-state index in [-0.39, 0.29) is 17.7 Å². The Hall–Kier alpha value is -3.36. The fourth-order valence-electron chi connectivity index (χ4n) is 4.58. The number of piperidine rings is 1. The van der Waals surface area contributed by atoms with Crippen molar-refractivity contribution in [2.24, 2.45) is 12.5 Å². The van der Waals surface area contributed by atoms with E-state index in [4.69, 9.17) is 4.74 Å². The second kappa shape index (κ2) is 10.1. The molecule has 1 fully saturated rings. The van der Waals surface area contributed by atoms with Crippen molar-refractivity contribution in [1.82, 2.24) is 25.1 Å². The van der Waals surface area contributed by atoms with Crippen molar-refractivity contribution in [3.63, 3.8) is 0 Å². The lowest BCUT2D eigenvalue weighted by molar-refractivity contribution is -0.134. The number of benzene rings is 1. The SMILES string of the molecule is Cn1cnc(C(=O)N2CCC3(CCCCOc4ccccc4C(=O)NCCNC3=O)CC2)c1. The number of rotatable bonds is 1. The third kappa shape index (κ3) is 5.18. The topological polar surface area (TPSA) is 106 Å². The van der Waals surface area contributed by atoms with Crippen molar-refractivity contribution >= 4 is 17.7 Å². The van der Waals surface area contributed by atoms with Crippen LogP contribution in [0.3, 0.4) is 0 Å². The van der Waals surface area contributed by atoms with Gasteiger partial charge in [0.25, 0.3) is 11.8 Å². The van der Waals surface area contributed by atoms with E-state index in [2.05, 4.69) is 15.6 Å². The lowest BCUT2D eigenvalue weighted by Gasteiger charge is -2.40. The molecule has 0 unspecified atom stereocenters. The molecule has 4 rings (SSSR count). The van der Waals surface area contributed by atoms with Gasteiger partial charge in [0.2, 0.25) is 5.91 Å². The molecule has 2 aliphatic rings. The molecule has 0 aliphatic carbocycles. The van der Waals surface area contributed by atoms with E-state index in [0.717, 1.165) is 19.3 Å². The number of ether oxygens (including phenoxy) is 1. The number of carbonyl (C=O) groups is 3. The lowest BCUT2D eigenvalue weighted by atomic mass is 9.73. The largest absolute Gasteiger partial charge is 0.493 e. The minimum absolute atomic E-state index is 0.0000574. The number of hydrogen-bond donors (Lipinski definition) is 2. The average Bonchev–Trinajstić information content (AvgIpc) is 3.27. The first-order valence-corrected chi connectivity index (χ1v) is 11.5. The van der Waals surface area contributed by atoms with Gasteiger partial charge in [0.05, 0.1) is 23.9 Å². The van der Waals surface area contributed by atoms with Gasteiger partial charge in [-0.1, -0.05) is 12.1 Å². The first-order chi connectivity index (χ1) is 16.0. The van der Waals surface area contributed by atoms with Crippen LogP contribution in [0.1, 0.15) is 53.0 Å². The molecule has 3 amide bonds. The average molecular weight is 454 g/mol. The van der Waals surface area contributed by atoms with Crippen LogP contribution in [0.5, 0.6) is 5.75 Å². The number of aromatic nitrogens is 2. The number of fused-ring (bicyclic) bond motifs is 1. The number of amides is 3. The molecule has 1 aromatic carbocycles. The summed E-state index contributed by atoms with van der Waals surface area (Å²) in [5.41, 5.74) is 0.409. The summed E-state index contributed by atoms with van der Waals surface area (Å²) in [7, 11) is 1.83. The minimum Gasteiger partial charge on any atom is -0.493 e. The van der Waals surface area contributed by atoms with Crippen molar-refractivity contribution in [2.45, 2.75) is 32.1 Å². The highest BCUT2D eigenvalue weighted by Crippen LogP contribution is 2.37. The zero-order valence-electron chi connectivity index (χ0n) is 19.0. The summed E-state index contributed by atoms with van der Waals surface area (Å²) in [5, 5.41) is 5.87. The van der Waals surface area contributed by atoms with Crippen LogP contribution in [-0.4, -0.2) is 65.0 Å². The molecule has 9 nitrogen and oxygen atoms in total. The highest BCUT2D eigenvalue weighted by Gasteiger charge is 2.41. The Bertz CT molecular complexity index is 1010. The van der Waals surface area contributed by atoms with Crippen molar-refractivity contribution < 1.29 is 19.1 Å². The lowest BCUT2D eigenvalue weighted by Crippen LogP contribution is -2.51. The van der Waals surface area contributed by atoms with Gasteiger partial charge in [-0.2, -0.15) is 0 Å². The second-order valence-corrected chi connectivity index (χ2v) is 8.81. The van der Waals surface area contributed by atoms with Gasteiger partial charge in [0, 0.05) is 39.4 Å². The third-order valence-electron chi connectivity index (χ3n) is 6.55. The summed E-state index contributed by atoms with van der Waals surface area (Å²) in [6.07, 6.45) is 6.89. The van der Waals surface area contributed by atoms with Crippen molar-refractivity contribution in [1.29, 1.82) is 0 Å². The molecule has 9 heteroatoms. The van der Waals surface area contributed by atoms with Crippen LogP contribution in [0.4, 0.5) is 0 Å². The number of imidazole rings is 1. The molecule has 1 aromatic heterocycles. The van der Waals surface area contributed by atoms with Gasteiger partial charge in [0.1, 0.15) is 11.4 Å². The first-order valence-electron chi connectivity index (χ1n) is 11.5. The van der Waals surface area contributed by atoms with Gasteiger partial charge in [-0.15, -0.1) is 0 Å². The van der Waals surface area contributed by atoms with Gasteiger partial charge >= 0.3 is 0 Å². The predicted molar refractivity (Wildman–Crippen MR) is 122 cm³/mol. The molecular formula is C24H31N5O4. The van der Waals surface area contributed by atoms with Crippen LogP contribution in [0, 0.1) is 5.41 Å². The fraction of sp³-hybridized carbons (Fsp3) is 0.500. The number of aryl methyl sites for hydroxylation is 1. The van der Waals surface area contributed by atoms with E-state index in [1.54, 1.807) is 40.2 Å². The number of carbonyl (C=O) groups excluding carboxylic acids is 3. The molecule has 1 spiro atoms. The molecular weight excluding hydrogens is 422 g/mol. The molecule has 0 atom stereocenters. The summed E-state index contributed by atoms with van der Waals surface area (Å²) >= 11 is 0. The fourth-order valence-corrected chi connectivity index (χ4v) is 4.58. The van der Waals surface area contributed by atoms with Gasteiger partial charge in [-0.25, -0.2) is 4.98 Å². The Morgan fingerprint density at radius 2 is 1.82 bits per heavy atom. The molecule has 3 heterocycles. The van der Waals surface area contributed by atoms with Crippen LogP contribution in [0.2, 0.25) is 0 Å². The number of para-hydroxylation sites is 1. The van der Waals surface area contributed by atoms with Crippen LogP contribution in [-0.2, 0) is 11.8 Å². The maximum absolute atomic E-state index is 13.2. The molecule has 176 valence electrons. The van der Waals surface area contributed by atoms with Crippen molar-refractivity contribution in [3.8, 4) is 5.75 Å². The minimum atomic E-state index is -0.521. The van der Waals surface area contributed by atoms with Crippen molar-refractivity contribution in [2.75, 3.05) is 32.8 Å². The summed E-state index contributed by atoms with van der Waals surface area (Å²) in [6, 6.07) is 7.20. The molecule has 2 aromatic rings. The highest BCUT2D eigenvalue weighted by atomic mass is 16.5. The van der Waals surface area contributed by atoms with E-state index in [9.17, 15) is 14.4 Å². The summed E-state index contributed by atoms with van der Waals surface area (Å²) in [5.74, 6) is 0.265. The predicted octanol–water partition coefficient (Wildman–Crippen LogP) is 1.75. The van der Waals surface area contributed by atoms with Crippen LogP contribution in [0.25, 0.3) is 0 Å².